The Morgan fingerprint density at radius 2 is 2.06 bits per heavy atom. The summed E-state index contributed by atoms with van der Waals surface area (Å²) in [5, 5.41) is 0. The maximum absolute atomic E-state index is 12.1. The van der Waals surface area contributed by atoms with Gasteiger partial charge in [-0.15, -0.1) is 0 Å². The Labute approximate surface area is 97.6 Å². The van der Waals surface area contributed by atoms with Crippen LogP contribution < -0.4 is 0 Å². The molecule has 16 heavy (non-hydrogen) atoms. The van der Waals surface area contributed by atoms with E-state index in [4.69, 9.17) is 0 Å². The molecule has 0 aromatic carbocycles. The monoisotopic (exact) mass is 214 g/mol. The highest BCUT2D eigenvalue weighted by molar-refractivity contribution is 6.12. The average Bonchev–Trinajstić information content (AvgIpc) is 2.30. The molecule has 0 radical (unpaired) electrons. The molecule has 0 bridgehead atoms. The predicted molar refractivity (Wildman–Crippen MR) is 69.2 cm³/mol. The summed E-state index contributed by atoms with van der Waals surface area (Å²) >= 11 is 0. The number of hydrogen-bond donors (Lipinski definition) is 0. The second kappa shape index (κ2) is 6.06. The van der Waals surface area contributed by atoms with Crippen LogP contribution in [0, 0.1) is 0 Å². The van der Waals surface area contributed by atoms with Crippen molar-refractivity contribution in [3.63, 3.8) is 0 Å². The summed E-state index contributed by atoms with van der Waals surface area (Å²) in [5.74, 6) is 0.0588. The fraction of sp³-hybridized carbons (Fsp3) is 0.267. The lowest BCUT2D eigenvalue weighted by Gasteiger charge is -2.06. The zero-order chi connectivity index (χ0) is 12.0. The van der Waals surface area contributed by atoms with Gasteiger partial charge >= 0.3 is 0 Å². The van der Waals surface area contributed by atoms with Crippen LogP contribution in [0.2, 0.25) is 0 Å². The summed E-state index contributed by atoms with van der Waals surface area (Å²) in [6.07, 6.45) is 13.3. The first-order chi connectivity index (χ1) is 7.65. The SMILES string of the molecule is C=C/C(=C\C=C(C)C)C(=O)C1=CCCC=C1. The molecule has 0 amide bonds. The van der Waals surface area contributed by atoms with Crippen molar-refractivity contribution >= 4 is 5.78 Å². The van der Waals surface area contributed by atoms with E-state index >= 15 is 0 Å². The minimum absolute atomic E-state index is 0.0588. The highest BCUT2D eigenvalue weighted by atomic mass is 16.1. The van der Waals surface area contributed by atoms with Gasteiger partial charge in [0.1, 0.15) is 0 Å². The molecule has 0 N–H and O–H groups in total. The van der Waals surface area contributed by atoms with Gasteiger partial charge < -0.3 is 0 Å². The lowest BCUT2D eigenvalue weighted by molar-refractivity contribution is -0.111. The maximum Gasteiger partial charge on any atom is 0.192 e. The number of Topliss-reactive ketones (excluding diaryl/α,β-unsaturated/α-hetero) is 1. The van der Waals surface area contributed by atoms with E-state index in [-0.39, 0.29) is 5.78 Å². The molecule has 0 unspecified atom stereocenters. The van der Waals surface area contributed by atoms with Crippen molar-refractivity contribution in [2.45, 2.75) is 26.7 Å². The quantitative estimate of drug-likeness (QED) is 0.512. The van der Waals surface area contributed by atoms with Crippen molar-refractivity contribution in [1.29, 1.82) is 0 Å². The average molecular weight is 214 g/mol. The van der Waals surface area contributed by atoms with E-state index < -0.39 is 0 Å². The van der Waals surface area contributed by atoms with Crippen LogP contribution in [0.15, 0.2) is 59.8 Å². The molecule has 0 aromatic heterocycles. The molecule has 0 aliphatic heterocycles. The first-order valence-electron chi connectivity index (χ1n) is 5.54. The van der Waals surface area contributed by atoms with Crippen LogP contribution in [0.5, 0.6) is 0 Å². The molecule has 1 rings (SSSR count). The highest BCUT2D eigenvalue weighted by Gasteiger charge is 2.10. The Morgan fingerprint density at radius 1 is 1.31 bits per heavy atom. The van der Waals surface area contributed by atoms with Gasteiger partial charge in [0.05, 0.1) is 0 Å². The zero-order valence-electron chi connectivity index (χ0n) is 9.99. The van der Waals surface area contributed by atoms with Gasteiger partial charge in [-0.2, -0.15) is 0 Å². The van der Waals surface area contributed by atoms with Crippen LogP contribution in [0.3, 0.4) is 0 Å². The van der Waals surface area contributed by atoms with Crippen molar-refractivity contribution in [2.75, 3.05) is 0 Å². The van der Waals surface area contributed by atoms with Crippen LogP contribution in [0.1, 0.15) is 26.7 Å². The molecule has 0 heterocycles. The Morgan fingerprint density at radius 3 is 2.56 bits per heavy atom. The lowest BCUT2D eigenvalue weighted by Crippen LogP contribution is -2.04. The molecular formula is C15H18O. The van der Waals surface area contributed by atoms with Crippen molar-refractivity contribution < 1.29 is 4.79 Å². The summed E-state index contributed by atoms with van der Waals surface area (Å²) < 4.78 is 0. The third-order valence-electron chi connectivity index (χ3n) is 2.34. The van der Waals surface area contributed by atoms with E-state index in [0.717, 1.165) is 18.4 Å². The van der Waals surface area contributed by atoms with Crippen molar-refractivity contribution in [1.82, 2.24) is 0 Å². The lowest BCUT2D eigenvalue weighted by atomic mass is 9.98. The molecule has 0 saturated carbocycles. The van der Waals surface area contributed by atoms with Gasteiger partial charge in [0.2, 0.25) is 0 Å². The second-order valence-electron chi connectivity index (χ2n) is 4.04. The molecule has 1 aliphatic rings. The van der Waals surface area contributed by atoms with Crippen LogP contribution in [0.4, 0.5) is 0 Å². The van der Waals surface area contributed by atoms with Crippen molar-refractivity contribution in [3.8, 4) is 0 Å². The van der Waals surface area contributed by atoms with E-state index in [1.165, 1.54) is 5.57 Å². The largest absolute Gasteiger partial charge is 0.289 e. The van der Waals surface area contributed by atoms with Gasteiger partial charge in [0.15, 0.2) is 5.78 Å². The van der Waals surface area contributed by atoms with Crippen LogP contribution >= 0.6 is 0 Å². The number of carbonyl (C=O) groups is 1. The molecular weight excluding hydrogens is 196 g/mol. The molecule has 84 valence electrons. The summed E-state index contributed by atoms with van der Waals surface area (Å²) in [5.41, 5.74) is 2.60. The number of carbonyl (C=O) groups excluding carboxylic acids is 1. The third kappa shape index (κ3) is 3.50. The van der Waals surface area contributed by atoms with Crippen molar-refractivity contribution in [3.05, 3.63) is 59.8 Å². The molecule has 1 nitrogen and oxygen atoms in total. The fourth-order valence-corrected chi connectivity index (χ4v) is 1.44. The Balaban J connectivity index is 2.89. The molecule has 0 spiro atoms. The van der Waals surface area contributed by atoms with E-state index in [9.17, 15) is 4.79 Å². The van der Waals surface area contributed by atoms with Gasteiger partial charge in [-0.25, -0.2) is 0 Å². The molecule has 1 heteroatoms. The summed E-state index contributed by atoms with van der Waals surface area (Å²) in [6.45, 7) is 7.69. The fourth-order valence-electron chi connectivity index (χ4n) is 1.44. The number of ketones is 1. The molecule has 1 aliphatic carbocycles. The molecule has 0 saturated heterocycles. The van der Waals surface area contributed by atoms with E-state index in [2.05, 4.69) is 6.58 Å². The number of rotatable bonds is 4. The Bertz CT molecular complexity index is 399. The predicted octanol–water partition coefficient (Wildman–Crippen LogP) is 3.91. The number of hydrogen-bond acceptors (Lipinski definition) is 1. The smallest absolute Gasteiger partial charge is 0.192 e. The minimum Gasteiger partial charge on any atom is -0.289 e. The second-order valence-corrected chi connectivity index (χ2v) is 4.04. The zero-order valence-corrected chi connectivity index (χ0v) is 9.99. The van der Waals surface area contributed by atoms with Gasteiger partial charge in [0.25, 0.3) is 0 Å². The topological polar surface area (TPSA) is 17.1 Å². The first kappa shape index (κ1) is 12.4. The van der Waals surface area contributed by atoms with Gasteiger partial charge in [-0.3, -0.25) is 4.79 Å². The third-order valence-corrected chi connectivity index (χ3v) is 2.34. The van der Waals surface area contributed by atoms with E-state index in [0.29, 0.717) is 5.57 Å². The molecule has 0 aromatic rings. The Kier molecular flexibility index (Phi) is 4.71. The van der Waals surface area contributed by atoms with Gasteiger partial charge in [-0.05, 0) is 26.7 Å². The highest BCUT2D eigenvalue weighted by Crippen LogP contribution is 2.15. The minimum atomic E-state index is 0.0588. The standard InChI is InChI=1S/C15H18O/c1-4-13(11-10-12(2)3)15(16)14-8-6-5-7-9-14/h4,6,8-11H,1,5,7H2,2-3H3/b13-11+. The maximum atomic E-state index is 12.1. The summed E-state index contributed by atoms with van der Waals surface area (Å²) in [6, 6.07) is 0. The van der Waals surface area contributed by atoms with Crippen LogP contribution in [0.25, 0.3) is 0 Å². The van der Waals surface area contributed by atoms with Crippen LogP contribution in [-0.4, -0.2) is 5.78 Å². The first-order valence-corrected chi connectivity index (χ1v) is 5.54. The van der Waals surface area contributed by atoms with E-state index in [1.807, 2.05) is 44.2 Å². The summed E-state index contributed by atoms with van der Waals surface area (Å²) in [7, 11) is 0. The van der Waals surface area contributed by atoms with Gasteiger partial charge in [0, 0.05) is 11.1 Å². The van der Waals surface area contributed by atoms with E-state index in [1.54, 1.807) is 6.08 Å². The normalized spacial score (nSPS) is 15.4. The summed E-state index contributed by atoms with van der Waals surface area (Å²) in [4.78, 5) is 12.1. The van der Waals surface area contributed by atoms with Gasteiger partial charge in [-0.1, -0.05) is 48.6 Å². The molecule has 0 atom stereocenters. The number of allylic oxidation sites excluding steroid dienone is 9. The van der Waals surface area contributed by atoms with Crippen LogP contribution in [-0.2, 0) is 4.79 Å². The Hall–Kier alpha value is -1.63. The molecule has 0 fully saturated rings. The van der Waals surface area contributed by atoms with Crippen molar-refractivity contribution in [2.24, 2.45) is 0 Å².